The molecule has 0 bridgehead atoms. The van der Waals surface area contributed by atoms with Crippen LogP contribution in [0.15, 0.2) is 41.5 Å². The second kappa shape index (κ2) is 10.5. The summed E-state index contributed by atoms with van der Waals surface area (Å²) in [6, 6.07) is 7.24. The molecule has 8 heteroatoms. The Morgan fingerprint density at radius 3 is 2.50 bits per heavy atom. The van der Waals surface area contributed by atoms with Crippen LogP contribution in [0.25, 0.3) is 10.4 Å². The fourth-order valence-corrected chi connectivity index (χ4v) is 3.35. The van der Waals surface area contributed by atoms with Crippen molar-refractivity contribution in [2.75, 3.05) is 23.7 Å². The van der Waals surface area contributed by atoms with E-state index in [-0.39, 0.29) is 13.1 Å². The number of para-hydroxylation sites is 1. The molecule has 0 atom stereocenters. The number of rotatable bonds is 7. The molecule has 0 spiro atoms. The van der Waals surface area contributed by atoms with E-state index in [0.717, 1.165) is 9.83 Å². The normalized spacial score (nSPS) is 10.0. The van der Waals surface area contributed by atoms with E-state index in [1.54, 1.807) is 12.1 Å². The van der Waals surface area contributed by atoms with Crippen molar-refractivity contribution >= 4 is 38.3 Å². The van der Waals surface area contributed by atoms with Gasteiger partial charge in [-0.25, -0.2) is 8.42 Å². The lowest BCUT2D eigenvalue weighted by molar-refractivity contribution is 0.597. The zero-order valence-corrected chi connectivity index (χ0v) is 16.0. The maximum Gasteiger partial charge on any atom is 0.232 e. The van der Waals surface area contributed by atoms with Gasteiger partial charge in [-0.05, 0) is 46.7 Å². The van der Waals surface area contributed by atoms with Gasteiger partial charge in [0.1, 0.15) is 0 Å². The number of hydrogen-bond donors (Lipinski definition) is 0. The van der Waals surface area contributed by atoms with Crippen LogP contribution in [0.2, 0.25) is 0 Å². The fourth-order valence-electron chi connectivity index (χ4n) is 1.57. The fraction of sp³-hybridized carbons (Fsp3) is 0.429. The molecular weight excluding hydrogens is 415 g/mol. The Kier molecular flexibility index (Phi) is 9.88. The van der Waals surface area contributed by atoms with E-state index in [1.807, 2.05) is 26.0 Å². The summed E-state index contributed by atoms with van der Waals surface area (Å²) in [6.45, 7) is 8.30. The van der Waals surface area contributed by atoms with E-state index in [4.69, 9.17) is 5.53 Å². The van der Waals surface area contributed by atoms with E-state index in [9.17, 15) is 8.42 Å². The molecule has 0 heterocycles. The summed E-state index contributed by atoms with van der Waals surface area (Å²) in [7, 11) is -3.40. The summed E-state index contributed by atoms with van der Waals surface area (Å²) in [5, 5.41) is 3.42. The highest BCUT2D eigenvalue weighted by atomic mass is 127. The number of hydrogen-bond acceptors (Lipinski definition) is 3. The van der Waals surface area contributed by atoms with Crippen LogP contribution in [0.3, 0.4) is 0 Å². The average molecular weight is 436 g/mol. The predicted octanol–water partition coefficient (Wildman–Crippen LogP) is 4.34. The number of anilines is 1. The molecule has 0 fully saturated rings. The monoisotopic (exact) mass is 436 g/mol. The van der Waals surface area contributed by atoms with Gasteiger partial charge in [-0.15, -0.1) is 0 Å². The Balaban J connectivity index is 0.00000211. The molecule has 0 radical (unpaired) electrons. The largest absolute Gasteiger partial charge is 0.265 e. The van der Waals surface area contributed by atoms with Gasteiger partial charge < -0.3 is 0 Å². The van der Waals surface area contributed by atoms with Crippen molar-refractivity contribution in [1.82, 2.24) is 0 Å². The minimum absolute atomic E-state index is 0.180. The van der Waals surface area contributed by atoms with E-state index < -0.39 is 10.0 Å². The summed E-state index contributed by atoms with van der Waals surface area (Å²) >= 11 is 2.09. The molecule has 0 aliphatic carbocycles. The Hall–Kier alpha value is -1.25. The summed E-state index contributed by atoms with van der Waals surface area (Å²) in [5.41, 5.74) is 9.55. The summed E-state index contributed by atoms with van der Waals surface area (Å²) in [5.74, 6) is 0. The lowest BCUT2D eigenvalue weighted by Gasteiger charge is -2.24. The van der Waals surface area contributed by atoms with Crippen LogP contribution in [-0.4, -0.2) is 27.8 Å². The van der Waals surface area contributed by atoms with Crippen LogP contribution in [-0.2, 0) is 10.0 Å². The zero-order chi connectivity index (χ0) is 17.2. The number of nitrogens with zero attached hydrogens (tertiary/aromatic N) is 4. The quantitative estimate of drug-likeness (QED) is 0.209. The van der Waals surface area contributed by atoms with Crippen LogP contribution < -0.4 is 4.31 Å². The van der Waals surface area contributed by atoms with Crippen molar-refractivity contribution in [2.24, 2.45) is 5.11 Å². The Morgan fingerprint density at radius 1 is 1.41 bits per heavy atom. The Labute approximate surface area is 146 Å². The molecule has 0 aliphatic rings. The Morgan fingerprint density at radius 2 is 2.00 bits per heavy atom. The molecule has 0 saturated heterocycles. The summed E-state index contributed by atoms with van der Waals surface area (Å²) in [6.07, 6.45) is 1.62. The third-order valence-electron chi connectivity index (χ3n) is 2.52. The highest BCUT2D eigenvalue weighted by Gasteiger charge is 2.19. The van der Waals surface area contributed by atoms with Crippen molar-refractivity contribution in [3.63, 3.8) is 0 Å². The molecule has 0 aliphatic heterocycles. The van der Waals surface area contributed by atoms with Crippen LogP contribution in [0.5, 0.6) is 0 Å². The summed E-state index contributed by atoms with van der Waals surface area (Å²) in [4.78, 5) is 2.66. The molecule has 0 unspecified atom stereocenters. The molecule has 22 heavy (non-hydrogen) atoms. The van der Waals surface area contributed by atoms with Crippen LogP contribution in [0, 0.1) is 3.57 Å². The second-order valence-corrected chi connectivity index (χ2v) is 7.24. The first-order valence-corrected chi connectivity index (χ1v) is 9.68. The van der Waals surface area contributed by atoms with Crippen molar-refractivity contribution in [3.8, 4) is 0 Å². The smallest absolute Gasteiger partial charge is 0.232 e. The van der Waals surface area contributed by atoms with Gasteiger partial charge in [-0.3, -0.25) is 4.31 Å². The first-order chi connectivity index (χ1) is 10.4. The van der Waals surface area contributed by atoms with Gasteiger partial charge in [-0.1, -0.05) is 43.2 Å². The average Bonchev–Trinajstić information content (AvgIpc) is 2.47. The van der Waals surface area contributed by atoms with Crippen LogP contribution in [0.4, 0.5) is 5.69 Å². The minimum atomic E-state index is -3.40. The van der Waals surface area contributed by atoms with E-state index >= 15 is 0 Å². The maximum absolute atomic E-state index is 11.9. The number of azide groups is 1. The van der Waals surface area contributed by atoms with E-state index in [2.05, 4.69) is 39.2 Å². The van der Waals surface area contributed by atoms with E-state index in [1.165, 1.54) is 4.31 Å². The van der Waals surface area contributed by atoms with Gasteiger partial charge in [0, 0.05) is 15.0 Å². The van der Waals surface area contributed by atoms with Crippen LogP contribution in [0.1, 0.15) is 20.3 Å². The highest BCUT2D eigenvalue weighted by Crippen LogP contribution is 2.25. The molecule has 1 aromatic carbocycles. The molecule has 122 valence electrons. The molecule has 0 saturated carbocycles. The number of halogens is 1. The topological polar surface area (TPSA) is 86.1 Å². The molecule has 1 rings (SSSR count). The lowest BCUT2D eigenvalue weighted by Crippen LogP contribution is -2.32. The van der Waals surface area contributed by atoms with Crippen molar-refractivity contribution in [1.29, 1.82) is 0 Å². The van der Waals surface area contributed by atoms with Gasteiger partial charge in [0.25, 0.3) is 0 Å². The van der Waals surface area contributed by atoms with Gasteiger partial charge in [-0.2, -0.15) is 0 Å². The van der Waals surface area contributed by atoms with Gasteiger partial charge >= 0.3 is 0 Å². The third-order valence-corrected chi connectivity index (χ3v) is 4.56. The van der Waals surface area contributed by atoms with Gasteiger partial charge in [0.05, 0.1) is 18.5 Å². The molecular formula is C14H21IN4O2S. The number of sulfonamides is 1. The Bertz CT molecular complexity index is 640. The maximum atomic E-state index is 11.9. The standard InChI is InChI=1S/C12H15IN4O2S.C2H6/c1-10(7-8-15-16-14)9-17(20(2,18)19)12-6-4-3-5-11(12)13;1-2/h3-6H,1,7-9H2,2H3;1-2H3. The second-order valence-electron chi connectivity index (χ2n) is 4.18. The molecule has 0 amide bonds. The molecule has 0 N–H and O–H groups in total. The van der Waals surface area contributed by atoms with Gasteiger partial charge in [0.2, 0.25) is 10.0 Å². The lowest BCUT2D eigenvalue weighted by atomic mass is 10.2. The molecule has 1 aromatic rings. The van der Waals surface area contributed by atoms with E-state index in [0.29, 0.717) is 17.7 Å². The van der Waals surface area contributed by atoms with Gasteiger partial charge in [0.15, 0.2) is 0 Å². The van der Waals surface area contributed by atoms with Crippen molar-refractivity contribution in [2.45, 2.75) is 20.3 Å². The van der Waals surface area contributed by atoms with Crippen LogP contribution >= 0.6 is 22.6 Å². The highest BCUT2D eigenvalue weighted by molar-refractivity contribution is 14.1. The first kappa shape index (κ1) is 20.8. The van der Waals surface area contributed by atoms with Crippen molar-refractivity contribution in [3.05, 3.63) is 50.4 Å². The third kappa shape index (κ3) is 7.15. The molecule has 6 nitrogen and oxygen atoms in total. The first-order valence-electron chi connectivity index (χ1n) is 6.76. The SMILES string of the molecule is C=C(CCN=[N+]=[N-])CN(c1ccccc1I)S(C)(=O)=O.CC. The predicted molar refractivity (Wildman–Crippen MR) is 100 cm³/mol. The summed E-state index contributed by atoms with van der Waals surface area (Å²) < 4.78 is 26.1. The molecule has 0 aromatic heterocycles. The van der Waals surface area contributed by atoms with Crippen molar-refractivity contribution < 1.29 is 8.42 Å². The zero-order valence-electron chi connectivity index (χ0n) is 13.0. The number of benzene rings is 1. The minimum Gasteiger partial charge on any atom is -0.265 e.